The van der Waals surface area contributed by atoms with Gasteiger partial charge in [-0.1, -0.05) is 13.3 Å². The van der Waals surface area contributed by atoms with Crippen molar-refractivity contribution in [2.75, 3.05) is 26.5 Å². The van der Waals surface area contributed by atoms with Gasteiger partial charge in [-0.05, 0) is 18.1 Å². The maximum absolute atomic E-state index is 3.85. The molecule has 2 nitrogen and oxygen atoms in total. The van der Waals surface area contributed by atoms with E-state index >= 15 is 0 Å². The van der Waals surface area contributed by atoms with Crippen LogP contribution < -0.4 is 0 Å². The molecule has 0 aromatic heterocycles. The van der Waals surface area contributed by atoms with Gasteiger partial charge < -0.3 is 4.90 Å². The standard InChI is InChI=1S/C10H21N2S/c1-5-6-7-12(8-9-13-4)10-11(2)3/h8-9H,2,5-7,10H2,1,3-4H3/q+1. The van der Waals surface area contributed by atoms with Crippen LogP contribution in [0.5, 0.6) is 0 Å². The predicted molar refractivity (Wildman–Crippen MR) is 62.4 cm³/mol. The van der Waals surface area contributed by atoms with Crippen molar-refractivity contribution in [1.82, 2.24) is 4.90 Å². The number of nitrogens with zero attached hydrogens (tertiary/aromatic N) is 2. The van der Waals surface area contributed by atoms with E-state index in [0.717, 1.165) is 13.2 Å². The minimum absolute atomic E-state index is 0.900. The summed E-state index contributed by atoms with van der Waals surface area (Å²) in [5.41, 5.74) is 0. The maximum Gasteiger partial charge on any atom is 0.217 e. The fraction of sp³-hybridized carbons (Fsp3) is 0.700. The van der Waals surface area contributed by atoms with Crippen LogP contribution in [-0.4, -0.2) is 42.7 Å². The van der Waals surface area contributed by atoms with Crippen molar-refractivity contribution < 1.29 is 4.58 Å². The van der Waals surface area contributed by atoms with Crippen LogP contribution >= 0.6 is 11.8 Å². The third kappa shape index (κ3) is 7.91. The molecule has 0 aromatic carbocycles. The maximum atomic E-state index is 3.85. The van der Waals surface area contributed by atoms with Crippen LogP contribution in [0.2, 0.25) is 0 Å². The van der Waals surface area contributed by atoms with Crippen molar-refractivity contribution in [1.29, 1.82) is 0 Å². The van der Waals surface area contributed by atoms with E-state index in [1.165, 1.54) is 12.8 Å². The summed E-state index contributed by atoms with van der Waals surface area (Å²) in [5.74, 6) is 0. The summed E-state index contributed by atoms with van der Waals surface area (Å²) in [6.07, 6.45) is 6.70. The van der Waals surface area contributed by atoms with E-state index < -0.39 is 0 Å². The van der Waals surface area contributed by atoms with Crippen molar-refractivity contribution in [2.45, 2.75) is 19.8 Å². The van der Waals surface area contributed by atoms with Gasteiger partial charge in [-0.15, -0.1) is 11.8 Å². The van der Waals surface area contributed by atoms with Crippen molar-refractivity contribution in [3.05, 3.63) is 11.6 Å². The molecule has 76 valence electrons. The average molecular weight is 201 g/mol. The van der Waals surface area contributed by atoms with Gasteiger partial charge in [-0.25, -0.2) is 4.58 Å². The van der Waals surface area contributed by atoms with E-state index in [1.807, 2.05) is 11.6 Å². The molecule has 0 fully saturated rings. The summed E-state index contributed by atoms with van der Waals surface area (Å²) in [7, 11) is 1.99. The second kappa shape index (κ2) is 8.17. The molecule has 0 aliphatic heterocycles. The molecular formula is C10H21N2S+. The molecule has 0 N–H and O–H groups in total. The molecule has 0 aliphatic rings. The minimum atomic E-state index is 0.900. The Morgan fingerprint density at radius 1 is 1.54 bits per heavy atom. The Morgan fingerprint density at radius 2 is 2.23 bits per heavy atom. The van der Waals surface area contributed by atoms with Gasteiger partial charge in [0.15, 0.2) is 0 Å². The van der Waals surface area contributed by atoms with Gasteiger partial charge in [0, 0.05) is 12.7 Å². The van der Waals surface area contributed by atoms with Crippen LogP contribution in [0, 0.1) is 0 Å². The molecule has 0 unspecified atom stereocenters. The predicted octanol–water partition coefficient (Wildman–Crippen LogP) is 2.22. The van der Waals surface area contributed by atoms with E-state index in [0.29, 0.717) is 0 Å². The van der Waals surface area contributed by atoms with Crippen LogP contribution in [0.25, 0.3) is 0 Å². The molecule has 0 amide bonds. The van der Waals surface area contributed by atoms with E-state index in [1.54, 1.807) is 11.8 Å². The van der Waals surface area contributed by atoms with E-state index in [-0.39, 0.29) is 0 Å². The zero-order valence-electron chi connectivity index (χ0n) is 8.99. The van der Waals surface area contributed by atoms with Crippen molar-refractivity contribution >= 4 is 18.5 Å². The molecule has 0 spiro atoms. The zero-order chi connectivity index (χ0) is 10.1. The van der Waals surface area contributed by atoms with Gasteiger partial charge in [-0.2, -0.15) is 0 Å². The number of hydrogen-bond acceptors (Lipinski definition) is 2. The van der Waals surface area contributed by atoms with Gasteiger partial charge in [0.1, 0.15) is 13.8 Å². The average Bonchev–Trinajstić information content (AvgIpc) is 2.09. The third-order valence-electron chi connectivity index (χ3n) is 1.63. The van der Waals surface area contributed by atoms with Crippen LogP contribution in [0.4, 0.5) is 0 Å². The molecule has 0 radical (unpaired) electrons. The third-order valence-corrected chi connectivity index (χ3v) is 2.02. The summed E-state index contributed by atoms with van der Waals surface area (Å²) in [6, 6.07) is 0. The Bertz CT molecular complexity index is 166. The molecule has 0 saturated carbocycles. The Morgan fingerprint density at radius 3 is 2.69 bits per heavy atom. The first kappa shape index (κ1) is 12.6. The smallest absolute Gasteiger partial charge is 0.217 e. The van der Waals surface area contributed by atoms with Gasteiger partial charge >= 0.3 is 0 Å². The first-order valence-corrected chi connectivity index (χ1v) is 5.94. The van der Waals surface area contributed by atoms with E-state index in [2.05, 4.69) is 36.4 Å². The van der Waals surface area contributed by atoms with Crippen LogP contribution in [0.15, 0.2) is 11.6 Å². The Labute approximate surface area is 86.3 Å². The Kier molecular flexibility index (Phi) is 7.90. The number of hydrogen-bond donors (Lipinski definition) is 0. The highest BCUT2D eigenvalue weighted by molar-refractivity contribution is 8.01. The molecule has 0 heterocycles. The molecule has 0 bridgehead atoms. The first-order chi connectivity index (χ1) is 6.20. The zero-order valence-corrected chi connectivity index (χ0v) is 9.81. The lowest BCUT2D eigenvalue weighted by Gasteiger charge is -2.16. The second-order valence-electron chi connectivity index (χ2n) is 3.18. The lowest BCUT2D eigenvalue weighted by Crippen LogP contribution is -2.26. The summed E-state index contributed by atoms with van der Waals surface area (Å²) in [6.45, 7) is 8.08. The fourth-order valence-corrected chi connectivity index (χ4v) is 1.30. The lowest BCUT2D eigenvalue weighted by molar-refractivity contribution is -0.508. The Balaban J connectivity index is 3.87. The minimum Gasteiger partial charge on any atom is -0.323 e. The highest BCUT2D eigenvalue weighted by Crippen LogP contribution is 2.00. The molecule has 0 aliphatic carbocycles. The van der Waals surface area contributed by atoms with Crippen LogP contribution in [0.3, 0.4) is 0 Å². The number of rotatable bonds is 7. The molecule has 0 atom stereocenters. The second-order valence-corrected chi connectivity index (χ2v) is 3.93. The molecule has 13 heavy (non-hydrogen) atoms. The summed E-state index contributed by atoms with van der Waals surface area (Å²) in [4.78, 5) is 2.28. The number of thioether (sulfide) groups is 1. The Hall–Kier alpha value is -0.440. The van der Waals surface area contributed by atoms with Gasteiger partial charge in [-0.3, -0.25) is 0 Å². The highest BCUT2D eigenvalue weighted by atomic mass is 32.2. The topological polar surface area (TPSA) is 6.25 Å². The molecule has 0 rings (SSSR count). The normalized spacial score (nSPS) is 10.7. The monoisotopic (exact) mass is 201 g/mol. The van der Waals surface area contributed by atoms with E-state index in [9.17, 15) is 0 Å². The largest absolute Gasteiger partial charge is 0.323 e. The highest BCUT2D eigenvalue weighted by Gasteiger charge is 2.01. The summed E-state index contributed by atoms with van der Waals surface area (Å²) in [5, 5.41) is 2.11. The summed E-state index contributed by atoms with van der Waals surface area (Å²) >= 11 is 1.73. The van der Waals surface area contributed by atoms with E-state index in [4.69, 9.17) is 0 Å². The fourth-order valence-electron chi connectivity index (χ4n) is 1.01. The van der Waals surface area contributed by atoms with Crippen molar-refractivity contribution in [2.24, 2.45) is 0 Å². The van der Waals surface area contributed by atoms with Crippen LogP contribution in [-0.2, 0) is 0 Å². The summed E-state index contributed by atoms with van der Waals surface area (Å²) < 4.78 is 1.94. The van der Waals surface area contributed by atoms with Crippen molar-refractivity contribution in [3.8, 4) is 0 Å². The lowest BCUT2D eigenvalue weighted by atomic mass is 10.3. The molecule has 0 saturated heterocycles. The number of unbranched alkanes of at least 4 members (excludes halogenated alkanes) is 1. The van der Waals surface area contributed by atoms with Gasteiger partial charge in [0.25, 0.3) is 0 Å². The molecule has 3 heteroatoms. The van der Waals surface area contributed by atoms with Gasteiger partial charge in [0.2, 0.25) is 6.67 Å². The van der Waals surface area contributed by atoms with Crippen LogP contribution in [0.1, 0.15) is 19.8 Å². The SMILES string of the molecule is C=[N+](C)CN(C=CSC)CCCC. The van der Waals surface area contributed by atoms with Crippen molar-refractivity contribution in [3.63, 3.8) is 0 Å². The molecule has 0 aromatic rings. The quantitative estimate of drug-likeness (QED) is 0.354. The first-order valence-electron chi connectivity index (χ1n) is 4.65. The van der Waals surface area contributed by atoms with Gasteiger partial charge in [0.05, 0.1) is 0 Å². The molecular weight excluding hydrogens is 180 g/mol.